The summed E-state index contributed by atoms with van der Waals surface area (Å²) in [5.74, 6) is 0. The molecule has 2 heterocycles. The molecular weight excluding hydrogens is 714 g/mol. The summed E-state index contributed by atoms with van der Waals surface area (Å²) in [5, 5.41) is 20.6. The summed E-state index contributed by atoms with van der Waals surface area (Å²) in [4.78, 5) is 10.6. The molecule has 0 aliphatic rings. The summed E-state index contributed by atoms with van der Waals surface area (Å²) in [6, 6.07) is 25.5. The number of nitrogens with zero attached hydrogens (tertiary/aromatic N) is 6. The zero-order valence-corrected chi connectivity index (χ0v) is 28.9. The van der Waals surface area contributed by atoms with E-state index in [2.05, 4.69) is 22.1 Å². The fourth-order valence-electron chi connectivity index (χ4n) is 4.36. The predicted molar refractivity (Wildman–Crippen MR) is 187 cm³/mol. The molecular formula is C34H22Cl4N6OS2. The van der Waals surface area contributed by atoms with Crippen LogP contribution in [0.15, 0.2) is 130 Å². The molecule has 0 N–H and O–H groups in total. The Labute approximate surface area is 298 Å². The molecule has 0 saturated carbocycles. The quantitative estimate of drug-likeness (QED) is 0.154. The standard InChI is InChI=1S/C17H11Cl2N3OS.C17H11Cl2N3S/c18-14-3-4-16(15(19)8-14)24(23)17-7-12(1-2-13(17)9-20)10-22-6-5-21-11-22;18-14-3-4-16(15(19)8-14)23-17-7-12(1-2-13(17)9-20)10-22-6-5-21-11-22/h1-8,11H,10H2;1-8,11H,10H2. The van der Waals surface area contributed by atoms with Crippen molar-refractivity contribution in [2.24, 2.45) is 0 Å². The van der Waals surface area contributed by atoms with Crippen molar-refractivity contribution in [1.82, 2.24) is 19.1 Å². The van der Waals surface area contributed by atoms with Gasteiger partial charge in [0, 0.05) is 57.7 Å². The Hall–Kier alpha value is -4.06. The molecule has 234 valence electrons. The van der Waals surface area contributed by atoms with E-state index in [-0.39, 0.29) is 0 Å². The summed E-state index contributed by atoms with van der Waals surface area (Å²) in [5.41, 5.74) is 2.99. The van der Waals surface area contributed by atoms with Crippen molar-refractivity contribution in [3.63, 3.8) is 0 Å². The summed E-state index contributed by atoms with van der Waals surface area (Å²) >= 11 is 25.7. The maximum Gasteiger partial charge on any atom is 0.100 e. The number of imidazole rings is 2. The summed E-state index contributed by atoms with van der Waals surface area (Å²) in [6.07, 6.45) is 10.6. The Morgan fingerprint density at radius 2 is 1.23 bits per heavy atom. The largest absolute Gasteiger partial charge is 0.333 e. The number of hydrogen-bond donors (Lipinski definition) is 0. The van der Waals surface area contributed by atoms with Crippen LogP contribution < -0.4 is 0 Å². The SMILES string of the molecule is N#Cc1ccc(Cn2ccnc2)cc1S(=O)c1ccc(Cl)cc1Cl.N#Cc1ccc(Cn2ccnc2)cc1Sc1ccc(Cl)cc1Cl. The molecule has 0 radical (unpaired) electrons. The third-order valence-electron chi connectivity index (χ3n) is 6.59. The molecule has 4 aromatic carbocycles. The molecule has 47 heavy (non-hydrogen) atoms. The summed E-state index contributed by atoms with van der Waals surface area (Å²) < 4.78 is 16.8. The number of hydrogen-bond acceptors (Lipinski definition) is 6. The van der Waals surface area contributed by atoms with Crippen molar-refractivity contribution in [2.75, 3.05) is 0 Å². The lowest BCUT2D eigenvalue weighted by molar-refractivity contribution is 0.682. The zero-order chi connectivity index (χ0) is 33.3. The molecule has 7 nitrogen and oxygen atoms in total. The Morgan fingerprint density at radius 1 is 0.660 bits per heavy atom. The normalized spacial score (nSPS) is 11.2. The first-order valence-corrected chi connectivity index (χ1v) is 17.2. The second-order valence-corrected chi connectivity index (χ2v) is 14.1. The van der Waals surface area contributed by atoms with Crippen molar-refractivity contribution in [3.05, 3.63) is 153 Å². The van der Waals surface area contributed by atoms with Gasteiger partial charge in [0.25, 0.3) is 0 Å². The second kappa shape index (κ2) is 16.2. The minimum Gasteiger partial charge on any atom is -0.333 e. The maximum atomic E-state index is 12.9. The van der Waals surface area contributed by atoms with Gasteiger partial charge in [-0.2, -0.15) is 10.5 Å². The van der Waals surface area contributed by atoms with Gasteiger partial charge in [-0.25, -0.2) is 14.2 Å². The van der Waals surface area contributed by atoms with E-state index in [4.69, 9.17) is 46.4 Å². The Kier molecular flexibility index (Phi) is 11.8. The third kappa shape index (κ3) is 9.06. The molecule has 0 amide bonds. The fraction of sp³-hybridized carbons (Fsp3) is 0.0588. The van der Waals surface area contributed by atoms with Gasteiger partial charge in [0.15, 0.2) is 0 Å². The molecule has 6 aromatic rings. The number of halogens is 4. The van der Waals surface area contributed by atoms with Crippen molar-refractivity contribution in [2.45, 2.75) is 32.7 Å². The van der Waals surface area contributed by atoms with Crippen LogP contribution in [0.25, 0.3) is 0 Å². The lowest BCUT2D eigenvalue weighted by atomic mass is 10.1. The third-order valence-corrected chi connectivity index (χ3v) is 10.5. The monoisotopic (exact) mass is 734 g/mol. The van der Waals surface area contributed by atoms with E-state index in [1.54, 1.807) is 61.4 Å². The molecule has 1 unspecified atom stereocenters. The van der Waals surface area contributed by atoms with Gasteiger partial charge < -0.3 is 9.13 Å². The van der Waals surface area contributed by atoms with Gasteiger partial charge in [-0.3, -0.25) is 0 Å². The molecule has 0 fully saturated rings. The molecule has 1 atom stereocenters. The Balaban J connectivity index is 0.000000185. The van der Waals surface area contributed by atoms with Crippen LogP contribution in [-0.2, 0) is 23.9 Å². The fourth-order valence-corrected chi connectivity index (χ4v) is 7.70. The number of benzene rings is 4. The van der Waals surface area contributed by atoms with Crippen LogP contribution in [-0.4, -0.2) is 23.3 Å². The van der Waals surface area contributed by atoms with Crippen molar-refractivity contribution in [3.8, 4) is 12.1 Å². The molecule has 0 bridgehead atoms. The first-order valence-electron chi connectivity index (χ1n) is 13.7. The number of rotatable bonds is 8. The lowest BCUT2D eigenvalue weighted by Gasteiger charge is -2.10. The van der Waals surface area contributed by atoms with Gasteiger partial charge in [0.2, 0.25) is 0 Å². The molecule has 0 aliphatic carbocycles. The van der Waals surface area contributed by atoms with E-state index in [1.807, 2.05) is 51.9 Å². The van der Waals surface area contributed by atoms with Crippen LogP contribution in [0, 0.1) is 22.7 Å². The first-order chi connectivity index (χ1) is 22.7. The van der Waals surface area contributed by atoms with Gasteiger partial charge >= 0.3 is 0 Å². The molecule has 13 heteroatoms. The van der Waals surface area contributed by atoms with E-state index in [0.717, 1.165) is 20.9 Å². The maximum absolute atomic E-state index is 12.9. The number of nitriles is 2. The molecule has 0 aliphatic heterocycles. The first kappa shape index (κ1) is 34.3. The van der Waals surface area contributed by atoms with Gasteiger partial charge in [0.05, 0.1) is 54.4 Å². The highest BCUT2D eigenvalue weighted by atomic mass is 35.5. The van der Waals surface area contributed by atoms with Crippen LogP contribution in [0.2, 0.25) is 20.1 Å². The number of aromatic nitrogens is 4. The average Bonchev–Trinajstić information content (AvgIpc) is 3.77. The Bertz CT molecular complexity index is 2120. The van der Waals surface area contributed by atoms with Crippen LogP contribution in [0.5, 0.6) is 0 Å². The summed E-state index contributed by atoms with van der Waals surface area (Å²) in [7, 11) is -1.57. The van der Waals surface area contributed by atoms with E-state index >= 15 is 0 Å². The van der Waals surface area contributed by atoms with E-state index in [0.29, 0.717) is 54.1 Å². The minimum atomic E-state index is -1.57. The van der Waals surface area contributed by atoms with Crippen molar-refractivity contribution < 1.29 is 4.21 Å². The van der Waals surface area contributed by atoms with Crippen LogP contribution >= 0.6 is 58.2 Å². The second-order valence-electron chi connectivity index (χ2n) is 9.87. The van der Waals surface area contributed by atoms with Crippen LogP contribution in [0.4, 0.5) is 0 Å². The predicted octanol–water partition coefficient (Wildman–Crippen LogP) is 9.54. The highest BCUT2D eigenvalue weighted by Gasteiger charge is 2.16. The van der Waals surface area contributed by atoms with E-state index < -0.39 is 10.8 Å². The van der Waals surface area contributed by atoms with E-state index in [9.17, 15) is 14.7 Å². The smallest absolute Gasteiger partial charge is 0.100 e. The zero-order valence-electron chi connectivity index (χ0n) is 24.2. The molecule has 6 rings (SSSR count). The van der Waals surface area contributed by atoms with Gasteiger partial charge in [0.1, 0.15) is 12.1 Å². The van der Waals surface area contributed by atoms with Gasteiger partial charge in [-0.15, -0.1) is 0 Å². The van der Waals surface area contributed by atoms with Crippen molar-refractivity contribution >= 4 is 69.0 Å². The van der Waals surface area contributed by atoms with Crippen LogP contribution in [0.3, 0.4) is 0 Å². The molecule has 2 aromatic heterocycles. The molecule has 0 saturated heterocycles. The van der Waals surface area contributed by atoms with Crippen LogP contribution in [0.1, 0.15) is 22.3 Å². The van der Waals surface area contributed by atoms with Gasteiger partial charge in [-0.05, 0) is 71.8 Å². The Morgan fingerprint density at radius 3 is 1.79 bits per heavy atom. The van der Waals surface area contributed by atoms with E-state index in [1.165, 1.54) is 17.8 Å². The van der Waals surface area contributed by atoms with Crippen molar-refractivity contribution in [1.29, 1.82) is 10.5 Å². The summed E-state index contributed by atoms with van der Waals surface area (Å²) in [6.45, 7) is 1.28. The van der Waals surface area contributed by atoms with Gasteiger partial charge in [-0.1, -0.05) is 70.3 Å². The molecule has 0 spiro atoms. The minimum absolute atomic E-state index is 0.310. The highest BCUT2D eigenvalue weighted by molar-refractivity contribution is 7.99. The highest BCUT2D eigenvalue weighted by Crippen LogP contribution is 2.37. The topological polar surface area (TPSA) is 100 Å². The average molecular weight is 737 g/mol. The lowest BCUT2D eigenvalue weighted by Crippen LogP contribution is -2.02.